The highest BCUT2D eigenvalue weighted by molar-refractivity contribution is 6.46. The summed E-state index contributed by atoms with van der Waals surface area (Å²) in [5.41, 5.74) is 3.98. The molecular formula is C32H38N4O4. The maximum Gasteiger partial charge on any atom is 0.295 e. The summed E-state index contributed by atoms with van der Waals surface area (Å²) < 4.78 is 7.17. The monoisotopic (exact) mass is 542 g/mol. The highest BCUT2D eigenvalue weighted by atomic mass is 16.5. The van der Waals surface area contributed by atoms with E-state index < -0.39 is 17.7 Å². The van der Waals surface area contributed by atoms with Gasteiger partial charge >= 0.3 is 0 Å². The van der Waals surface area contributed by atoms with Crippen LogP contribution in [-0.2, 0) is 19.7 Å². The van der Waals surface area contributed by atoms with Crippen LogP contribution < -0.4 is 0 Å². The van der Waals surface area contributed by atoms with Crippen LogP contribution >= 0.6 is 0 Å². The summed E-state index contributed by atoms with van der Waals surface area (Å²) >= 11 is 0. The summed E-state index contributed by atoms with van der Waals surface area (Å²) in [6, 6.07) is 17.0. The summed E-state index contributed by atoms with van der Waals surface area (Å²) in [7, 11) is 0. The van der Waals surface area contributed by atoms with Crippen molar-refractivity contribution in [1.82, 2.24) is 19.6 Å². The van der Waals surface area contributed by atoms with Crippen LogP contribution in [0.1, 0.15) is 55.6 Å². The lowest BCUT2D eigenvalue weighted by Crippen LogP contribution is -2.39. The lowest BCUT2D eigenvalue weighted by Gasteiger charge is -2.29. The fraction of sp³-hybridized carbons (Fsp3) is 0.406. The number of Topliss-reactive ketones (excluding diaryl/α,β-unsaturated/α-hetero) is 1. The number of aromatic nitrogens is 2. The zero-order valence-electron chi connectivity index (χ0n) is 23.8. The van der Waals surface area contributed by atoms with Crippen LogP contribution in [0.4, 0.5) is 0 Å². The number of nitrogens with zero attached hydrogens (tertiary/aromatic N) is 4. The Morgan fingerprint density at radius 3 is 2.33 bits per heavy atom. The molecule has 1 amide bonds. The van der Waals surface area contributed by atoms with Crippen molar-refractivity contribution in [2.45, 2.75) is 45.6 Å². The van der Waals surface area contributed by atoms with Gasteiger partial charge in [-0.25, -0.2) is 4.68 Å². The number of likely N-dealkylation sites (tertiary alicyclic amines) is 1. The average molecular weight is 543 g/mol. The lowest BCUT2D eigenvalue weighted by atomic mass is 9.85. The van der Waals surface area contributed by atoms with Gasteiger partial charge in [-0.05, 0) is 42.0 Å². The van der Waals surface area contributed by atoms with Crippen molar-refractivity contribution in [3.63, 3.8) is 0 Å². The van der Waals surface area contributed by atoms with E-state index in [1.54, 1.807) is 15.8 Å². The molecule has 0 bridgehead atoms. The van der Waals surface area contributed by atoms with Crippen LogP contribution in [0.15, 0.2) is 66.4 Å². The van der Waals surface area contributed by atoms with Gasteiger partial charge in [0.05, 0.1) is 48.0 Å². The van der Waals surface area contributed by atoms with Gasteiger partial charge in [-0.2, -0.15) is 5.10 Å². The molecule has 3 heterocycles. The van der Waals surface area contributed by atoms with Gasteiger partial charge in [-0.15, -0.1) is 0 Å². The predicted molar refractivity (Wildman–Crippen MR) is 154 cm³/mol. The molecule has 0 unspecified atom stereocenters. The fourth-order valence-corrected chi connectivity index (χ4v) is 5.53. The number of ether oxygens (including phenoxy) is 1. The normalized spacial score (nSPS) is 19.9. The predicted octanol–water partition coefficient (Wildman–Crippen LogP) is 4.62. The van der Waals surface area contributed by atoms with Gasteiger partial charge in [0.1, 0.15) is 5.76 Å². The molecule has 2 aromatic carbocycles. The van der Waals surface area contributed by atoms with E-state index in [0.717, 1.165) is 36.4 Å². The molecule has 2 aliphatic rings. The number of carbonyl (C=O) groups is 2. The van der Waals surface area contributed by atoms with E-state index in [2.05, 4.69) is 30.8 Å². The molecular weight excluding hydrogens is 504 g/mol. The molecule has 1 atom stereocenters. The molecule has 0 radical (unpaired) electrons. The zero-order valence-corrected chi connectivity index (χ0v) is 23.8. The average Bonchev–Trinajstić information content (AvgIpc) is 3.46. The van der Waals surface area contributed by atoms with Crippen molar-refractivity contribution < 1.29 is 19.4 Å². The Kier molecular flexibility index (Phi) is 7.92. The van der Waals surface area contributed by atoms with Crippen LogP contribution in [-0.4, -0.2) is 75.8 Å². The first-order valence-corrected chi connectivity index (χ1v) is 14.0. The number of carbonyl (C=O) groups excluding carboxylic acids is 2. The number of benzene rings is 2. The fourth-order valence-electron chi connectivity index (χ4n) is 5.53. The molecule has 2 aliphatic heterocycles. The molecule has 8 nitrogen and oxygen atoms in total. The van der Waals surface area contributed by atoms with E-state index in [4.69, 9.17) is 4.74 Å². The maximum absolute atomic E-state index is 13.5. The van der Waals surface area contributed by atoms with E-state index in [1.807, 2.05) is 61.5 Å². The van der Waals surface area contributed by atoms with Gasteiger partial charge in [0, 0.05) is 26.2 Å². The Morgan fingerprint density at radius 1 is 1.00 bits per heavy atom. The highest BCUT2D eigenvalue weighted by Gasteiger charge is 2.46. The quantitative estimate of drug-likeness (QED) is 0.266. The number of ketones is 1. The Hall–Kier alpha value is -3.75. The van der Waals surface area contributed by atoms with Gasteiger partial charge in [-0.1, -0.05) is 63.2 Å². The molecule has 0 spiro atoms. The van der Waals surface area contributed by atoms with Crippen LogP contribution in [0.3, 0.4) is 0 Å². The summed E-state index contributed by atoms with van der Waals surface area (Å²) in [4.78, 5) is 30.9. The molecule has 1 N–H and O–H groups in total. The smallest absolute Gasteiger partial charge is 0.295 e. The highest BCUT2D eigenvalue weighted by Crippen LogP contribution is 2.40. The minimum atomic E-state index is -0.682. The molecule has 2 fully saturated rings. The van der Waals surface area contributed by atoms with Crippen LogP contribution in [0.25, 0.3) is 11.4 Å². The van der Waals surface area contributed by atoms with Crippen molar-refractivity contribution >= 4 is 17.4 Å². The van der Waals surface area contributed by atoms with Gasteiger partial charge in [0.15, 0.2) is 0 Å². The lowest BCUT2D eigenvalue weighted by molar-refractivity contribution is -0.140. The Bertz CT molecular complexity index is 1400. The zero-order chi connectivity index (χ0) is 28.4. The second-order valence-corrected chi connectivity index (χ2v) is 11.6. The van der Waals surface area contributed by atoms with Crippen molar-refractivity contribution in [3.8, 4) is 5.69 Å². The molecule has 2 saturated heterocycles. The third-order valence-electron chi connectivity index (χ3n) is 7.88. The number of aliphatic hydroxyl groups excluding tert-OH is 1. The standard InChI is InChI=1S/C32H38N4O4/c1-22-26(21-33-36(22)25-9-6-5-7-10-25)29(37)27-28(23-11-13-24(14-12-23)32(2,3)4)35(31(39)30(27)38)16-8-15-34-17-19-40-20-18-34/h5-7,9-14,21,28,37H,8,15-20H2,1-4H3/b29-27+/t28-/m0/s1. The molecule has 3 aromatic rings. The molecule has 0 aliphatic carbocycles. The SMILES string of the molecule is Cc1c(/C(O)=C2\C(=O)C(=O)N(CCCN3CCOCC3)[C@H]2c2ccc(C(C)(C)C)cc2)cnn1-c1ccccc1. The van der Waals surface area contributed by atoms with Crippen molar-refractivity contribution in [2.24, 2.45) is 0 Å². The molecule has 5 rings (SSSR count). The van der Waals surface area contributed by atoms with Crippen molar-refractivity contribution in [1.29, 1.82) is 0 Å². The van der Waals surface area contributed by atoms with Crippen LogP contribution in [0, 0.1) is 6.92 Å². The number of hydrogen-bond acceptors (Lipinski definition) is 6. The first kappa shape index (κ1) is 27.8. The summed E-state index contributed by atoms with van der Waals surface area (Å²) in [6.45, 7) is 12.6. The largest absolute Gasteiger partial charge is 0.507 e. The van der Waals surface area contributed by atoms with Gasteiger partial charge in [0.25, 0.3) is 11.7 Å². The number of amides is 1. The third kappa shape index (κ3) is 5.46. The molecule has 8 heteroatoms. The van der Waals surface area contributed by atoms with E-state index in [9.17, 15) is 14.7 Å². The number of hydrogen-bond donors (Lipinski definition) is 1. The van der Waals surface area contributed by atoms with Crippen molar-refractivity contribution in [3.05, 3.63) is 88.8 Å². The maximum atomic E-state index is 13.5. The van der Waals surface area contributed by atoms with E-state index in [0.29, 0.717) is 37.4 Å². The van der Waals surface area contributed by atoms with Gasteiger partial charge in [0.2, 0.25) is 0 Å². The summed E-state index contributed by atoms with van der Waals surface area (Å²) in [6.07, 6.45) is 2.28. The number of rotatable bonds is 7. The number of morpholine rings is 1. The minimum Gasteiger partial charge on any atom is -0.507 e. The first-order chi connectivity index (χ1) is 19.2. The molecule has 40 heavy (non-hydrogen) atoms. The minimum absolute atomic E-state index is 0.0401. The van der Waals surface area contributed by atoms with Crippen LogP contribution in [0.2, 0.25) is 0 Å². The molecule has 0 saturated carbocycles. The third-order valence-corrected chi connectivity index (χ3v) is 7.88. The topological polar surface area (TPSA) is 87.9 Å². The van der Waals surface area contributed by atoms with Gasteiger partial charge < -0.3 is 14.7 Å². The molecule has 210 valence electrons. The number of aliphatic hydroxyl groups is 1. The number of para-hydroxylation sites is 1. The Morgan fingerprint density at radius 2 is 1.68 bits per heavy atom. The Balaban J connectivity index is 1.52. The van der Waals surface area contributed by atoms with Crippen molar-refractivity contribution in [2.75, 3.05) is 39.4 Å². The first-order valence-electron chi connectivity index (χ1n) is 14.0. The van der Waals surface area contributed by atoms with E-state index in [1.165, 1.54) is 0 Å². The summed E-state index contributed by atoms with van der Waals surface area (Å²) in [5, 5.41) is 16.1. The molecule has 1 aromatic heterocycles. The summed E-state index contributed by atoms with van der Waals surface area (Å²) in [5.74, 6) is -1.44. The second-order valence-electron chi connectivity index (χ2n) is 11.6. The second kappa shape index (κ2) is 11.4. The van der Waals surface area contributed by atoms with E-state index >= 15 is 0 Å². The van der Waals surface area contributed by atoms with E-state index in [-0.39, 0.29) is 16.7 Å². The van der Waals surface area contributed by atoms with Gasteiger partial charge in [-0.3, -0.25) is 14.5 Å². The van der Waals surface area contributed by atoms with Crippen LogP contribution in [0.5, 0.6) is 0 Å². The Labute approximate surface area is 235 Å².